The maximum atomic E-state index is 11.4. The molecule has 0 aliphatic rings. The highest BCUT2D eigenvalue weighted by Gasteiger charge is 2.07. The molecule has 0 spiro atoms. The quantitative estimate of drug-likeness (QED) is 0.610. The molecule has 1 rings (SSSR count). The lowest BCUT2D eigenvalue weighted by molar-refractivity contribution is -0.120. The number of rotatable bonds is 6. The summed E-state index contributed by atoms with van der Waals surface area (Å²) in [6, 6.07) is 3.51. The molecular formula is C10H15N3O2S. The number of carbonyl (C=O) groups excluding carboxylic acids is 2. The lowest BCUT2D eigenvalue weighted by Crippen LogP contribution is -2.37. The second-order valence-corrected chi connectivity index (χ2v) is 4.10. The first kappa shape index (κ1) is 12.7. The van der Waals surface area contributed by atoms with Gasteiger partial charge in [-0.05, 0) is 24.4 Å². The van der Waals surface area contributed by atoms with Crippen LogP contribution in [0.1, 0.15) is 16.1 Å². The third-order valence-corrected chi connectivity index (χ3v) is 2.73. The molecule has 88 valence electrons. The maximum absolute atomic E-state index is 11.4. The van der Waals surface area contributed by atoms with Gasteiger partial charge in [-0.1, -0.05) is 6.07 Å². The van der Waals surface area contributed by atoms with Gasteiger partial charge in [0, 0.05) is 6.54 Å². The van der Waals surface area contributed by atoms with Gasteiger partial charge in [0.25, 0.3) is 5.91 Å². The van der Waals surface area contributed by atoms with Crippen LogP contribution in [0.5, 0.6) is 0 Å². The van der Waals surface area contributed by atoms with Crippen LogP contribution >= 0.6 is 11.3 Å². The predicted molar refractivity (Wildman–Crippen MR) is 63.3 cm³/mol. The molecule has 0 unspecified atom stereocenters. The lowest BCUT2D eigenvalue weighted by atomic mass is 10.4. The molecule has 1 aromatic rings. The number of nitrogens with two attached hydrogens (primary N) is 1. The molecular weight excluding hydrogens is 226 g/mol. The summed E-state index contributed by atoms with van der Waals surface area (Å²) in [5.74, 6) is -0.415. The fourth-order valence-corrected chi connectivity index (χ4v) is 1.69. The number of nitrogens with one attached hydrogen (secondary N) is 2. The summed E-state index contributed by atoms with van der Waals surface area (Å²) in [7, 11) is 0. The number of hydrogen-bond acceptors (Lipinski definition) is 4. The Hall–Kier alpha value is -1.40. The van der Waals surface area contributed by atoms with E-state index >= 15 is 0 Å². The van der Waals surface area contributed by atoms with Crippen LogP contribution in [0, 0.1) is 0 Å². The van der Waals surface area contributed by atoms with Crippen LogP contribution in [-0.2, 0) is 4.79 Å². The minimum absolute atomic E-state index is 0.00129. The van der Waals surface area contributed by atoms with Crippen molar-refractivity contribution < 1.29 is 9.59 Å². The predicted octanol–water partition coefficient (Wildman–Crippen LogP) is -0.0571. The molecule has 0 aliphatic carbocycles. The largest absolute Gasteiger partial charge is 0.355 e. The maximum Gasteiger partial charge on any atom is 0.261 e. The van der Waals surface area contributed by atoms with Gasteiger partial charge in [-0.25, -0.2) is 0 Å². The molecule has 2 amide bonds. The molecule has 0 radical (unpaired) electrons. The van der Waals surface area contributed by atoms with E-state index in [2.05, 4.69) is 10.6 Å². The van der Waals surface area contributed by atoms with Crippen molar-refractivity contribution >= 4 is 23.2 Å². The molecule has 1 heterocycles. The van der Waals surface area contributed by atoms with E-state index in [1.54, 1.807) is 12.1 Å². The summed E-state index contributed by atoms with van der Waals surface area (Å²) < 4.78 is 0. The van der Waals surface area contributed by atoms with Crippen molar-refractivity contribution in [1.82, 2.24) is 10.6 Å². The molecule has 0 saturated heterocycles. The average Bonchev–Trinajstić information content (AvgIpc) is 2.79. The molecule has 0 saturated carbocycles. The summed E-state index contributed by atoms with van der Waals surface area (Å²) in [6.45, 7) is 1.09. The topological polar surface area (TPSA) is 84.2 Å². The number of carbonyl (C=O) groups is 2. The van der Waals surface area contributed by atoms with Crippen LogP contribution in [0.2, 0.25) is 0 Å². The van der Waals surface area contributed by atoms with E-state index in [-0.39, 0.29) is 18.4 Å². The van der Waals surface area contributed by atoms with Crippen LogP contribution in [0.25, 0.3) is 0 Å². The van der Waals surface area contributed by atoms with E-state index in [9.17, 15) is 9.59 Å². The van der Waals surface area contributed by atoms with E-state index in [4.69, 9.17) is 5.73 Å². The smallest absolute Gasteiger partial charge is 0.261 e. The zero-order chi connectivity index (χ0) is 11.8. The monoisotopic (exact) mass is 241 g/mol. The molecule has 6 heteroatoms. The van der Waals surface area contributed by atoms with Crippen LogP contribution in [0.3, 0.4) is 0 Å². The molecule has 0 aromatic carbocycles. The van der Waals surface area contributed by atoms with Crippen molar-refractivity contribution in [3.8, 4) is 0 Å². The molecule has 0 bridgehead atoms. The minimum atomic E-state index is -0.219. The molecule has 0 fully saturated rings. The average molecular weight is 241 g/mol. The Morgan fingerprint density at radius 2 is 2.19 bits per heavy atom. The van der Waals surface area contributed by atoms with Crippen molar-refractivity contribution in [1.29, 1.82) is 0 Å². The first-order valence-corrected chi connectivity index (χ1v) is 5.90. The second-order valence-electron chi connectivity index (χ2n) is 3.15. The van der Waals surface area contributed by atoms with Gasteiger partial charge in [0.1, 0.15) is 0 Å². The van der Waals surface area contributed by atoms with Gasteiger partial charge < -0.3 is 16.4 Å². The van der Waals surface area contributed by atoms with Crippen molar-refractivity contribution in [2.75, 3.05) is 19.6 Å². The van der Waals surface area contributed by atoms with Crippen LogP contribution in [0.15, 0.2) is 17.5 Å². The fourth-order valence-electron chi connectivity index (χ4n) is 1.05. The van der Waals surface area contributed by atoms with Crippen LogP contribution in [-0.4, -0.2) is 31.4 Å². The highest BCUT2D eigenvalue weighted by atomic mass is 32.1. The number of amides is 2. The Bertz CT molecular complexity index is 338. The van der Waals surface area contributed by atoms with Crippen molar-refractivity contribution in [2.45, 2.75) is 6.42 Å². The van der Waals surface area contributed by atoms with Gasteiger partial charge >= 0.3 is 0 Å². The van der Waals surface area contributed by atoms with Crippen LogP contribution in [0.4, 0.5) is 0 Å². The molecule has 1 aromatic heterocycles. The Balaban J connectivity index is 2.19. The van der Waals surface area contributed by atoms with E-state index in [1.165, 1.54) is 11.3 Å². The summed E-state index contributed by atoms with van der Waals surface area (Å²) in [5.41, 5.74) is 5.28. The summed E-state index contributed by atoms with van der Waals surface area (Å²) in [6.07, 6.45) is 0.741. The SMILES string of the molecule is NCCCNC(=O)CNC(=O)c1cccs1. The molecule has 5 nitrogen and oxygen atoms in total. The van der Waals surface area contributed by atoms with Gasteiger partial charge in [0.05, 0.1) is 11.4 Å². The minimum Gasteiger partial charge on any atom is -0.355 e. The molecule has 0 aliphatic heterocycles. The standard InChI is InChI=1S/C10H15N3O2S/c11-4-2-5-12-9(14)7-13-10(15)8-3-1-6-16-8/h1,3,6H,2,4-5,7,11H2,(H,12,14)(H,13,15). The van der Waals surface area contributed by atoms with E-state index in [0.717, 1.165) is 6.42 Å². The Morgan fingerprint density at radius 3 is 2.81 bits per heavy atom. The third-order valence-electron chi connectivity index (χ3n) is 1.86. The third kappa shape index (κ3) is 4.41. The van der Waals surface area contributed by atoms with Crippen LogP contribution < -0.4 is 16.4 Å². The molecule has 4 N–H and O–H groups in total. The molecule has 0 atom stereocenters. The highest BCUT2D eigenvalue weighted by molar-refractivity contribution is 7.12. The summed E-state index contributed by atoms with van der Waals surface area (Å²) in [5, 5.41) is 7.01. The first-order valence-electron chi connectivity index (χ1n) is 5.02. The van der Waals surface area contributed by atoms with Crippen molar-refractivity contribution in [3.05, 3.63) is 22.4 Å². The van der Waals surface area contributed by atoms with E-state index < -0.39 is 0 Å². The van der Waals surface area contributed by atoms with Gasteiger partial charge in [0.15, 0.2) is 0 Å². The Labute approximate surface area is 98.0 Å². The summed E-state index contributed by atoms with van der Waals surface area (Å²) in [4.78, 5) is 23.3. The van der Waals surface area contributed by atoms with E-state index in [0.29, 0.717) is 18.0 Å². The zero-order valence-corrected chi connectivity index (χ0v) is 9.68. The second kappa shape index (κ2) is 6.97. The van der Waals surface area contributed by atoms with E-state index in [1.807, 2.05) is 5.38 Å². The lowest BCUT2D eigenvalue weighted by Gasteiger charge is -2.05. The Kier molecular flexibility index (Phi) is 5.52. The normalized spacial score (nSPS) is 9.81. The zero-order valence-electron chi connectivity index (χ0n) is 8.86. The summed E-state index contributed by atoms with van der Waals surface area (Å²) >= 11 is 1.34. The highest BCUT2D eigenvalue weighted by Crippen LogP contribution is 2.07. The van der Waals surface area contributed by atoms with Gasteiger partial charge in [-0.15, -0.1) is 11.3 Å². The van der Waals surface area contributed by atoms with Gasteiger partial charge in [0.2, 0.25) is 5.91 Å². The molecule has 16 heavy (non-hydrogen) atoms. The van der Waals surface area contributed by atoms with Gasteiger partial charge in [-0.2, -0.15) is 0 Å². The van der Waals surface area contributed by atoms with Gasteiger partial charge in [-0.3, -0.25) is 9.59 Å². The number of thiophene rings is 1. The fraction of sp³-hybridized carbons (Fsp3) is 0.400. The van der Waals surface area contributed by atoms with Crippen molar-refractivity contribution in [3.63, 3.8) is 0 Å². The number of hydrogen-bond donors (Lipinski definition) is 3. The first-order chi connectivity index (χ1) is 7.74. The van der Waals surface area contributed by atoms with Crippen molar-refractivity contribution in [2.24, 2.45) is 5.73 Å². The Morgan fingerprint density at radius 1 is 1.38 bits per heavy atom.